The molecule has 6 nitrogen and oxygen atoms in total. The average Bonchev–Trinajstić information content (AvgIpc) is 2.60. The molecule has 7 heteroatoms. The van der Waals surface area contributed by atoms with Crippen molar-refractivity contribution in [1.29, 1.82) is 0 Å². The lowest BCUT2D eigenvalue weighted by Crippen LogP contribution is -2.43. The largest absolute Gasteiger partial charge is 0.469 e. The van der Waals surface area contributed by atoms with Gasteiger partial charge in [-0.25, -0.2) is 0 Å². The molecule has 0 N–H and O–H groups in total. The number of nitrogens with zero attached hydrogens (tertiary/aromatic N) is 2. The fourth-order valence-electron chi connectivity index (χ4n) is 2.13. The number of carbonyl (C=O) groups excluding carboxylic acids is 1. The molecule has 0 saturated carbocycles. The van der Waals surface area contributed by atoms with E-state index in [0.29, 0.717) is 19.0 Å². The second-order valence-electron chi connectivity index (χ2n) is 5.09. The van der Waals surface area contributed by atoms with Crippen LogP contribution in [0.25, 0.3) is 0 Å². The molecule has 1 aliphatic heterocycles. The van der Waals surface area contributed by atoms with Crippen LogP contribution in [0.5, 0.6) is 0 Å². The monoisotopic (exact) mass is 292 g/mol. The summed E-state index contributed by atoms with van der Waals surface area (Å²) in [6.45, 7) is 3.43. The van der Waals surface area contributed by atoms with Crippen molar-refractivity contribution in [3.63, 3.8) is 0 Å². The Balaban J connectivity index is 2.60. The maximum atomic E-state index is 12.3. The highest BCUT2D eigenvalue weighted by atomic mass is 32.2. The number of rotatable bonds is 5. The molecule has 19 heavy (non-hydrogen) atoms. The summed E-state index contributed by atoms with van der Waals surface area (Å²) >= 11 is 0. The Morgan fingerprint density at radius 2 is 2.05 bits per heavy atom. The lowest BCUT2D eigenvalue weighted by Gasteiger charge is -2.26. The maximum Gasteiger partial charge on any atom is 0.306 e. The normalized spacial score (nSPS) is 22.2. The summed E-state index contributed by atoms with van der Waals surface area (Å²) in [7, 11) is -0.649. The summed E-state index contributed by atoms with van der Waals surface area (Å²) in [5, 5.41) is 0. The average molecular weight is 292 g/mol. The van der Waals surface area contributed by atoms with Gasteiger partial charge >= 0.3 is 5.97 Å². The molecule has 0 radical (unpaired) electrons. The SMILES string of the molecule is COC(=O)CCN(C)S(=O)(=O)N1CCCC(C)CC1. The number of ether oxygens (including phenoxy) is 1. The van der Waals surface area contributed by atoms with Crippen LogP contribution in [0.4, 0.5) is 0 Å². The Bertz CT molecular complexity index is 397. The molecule has 1 fully saturated rings. The van der Waals surface area contributed by atoms with Gasteiger partial charge in [0.1, 0.15) is 0 Å². The van der Waals surface area contributed by atoms with E-state index in [4.69, 9.17) is 0 Å². The Hall–Kier alpha value is -0.660. The van der Waals surface area contributed by atoms with Gasteiger partial charge in [0.15, 0.2) is 0 Å². The summed E-state index contributed by atoms with van der Waals surface area (Å²) in [6, 6.07) is 0. The van der Waals surface area contributed by atoms with Gasteiger partial charge < -0.3 is 4.74 Å². The predicted octanol–water partition coefficient (Wildman–Crippen LogP) is 0.848. The molecule has 1 aliphatic rings. The van der Waals surface area contributed by atoms with Gasteiger partial charge in [-0.3, -0.25) is 4.79 Å². The Kier molecular flexibility index (Phi) is 6.22. The van der Waals surface area contributed by atoms with E-state index in [9.17, 15) is 13.2 Å². The minimum absolute atomic E-state index is 0.0798. The first-order chi connectivity index (χ1) is 8.87. The molecule has 0 amide bonds. The van der Waals surface area contributed by atoms with Crippen molar-refractivity contribution in [3.05, 3.63) is 0 Å². The van der Waals surface area contributed by atoms with Crippen molar-refractivity contribution in [1.82, 2.24) is 8.61 Å². The molecule has 1 atom stereocenters. The Morgan fingerprint density at radius 3 is 2.68 bits per heavy atom. The smallest absolute Gasteiger partial charge is 0.306 e. The zero-order chi connectivity index (χ0) is 14.5. The van der Waals surface area contributed by atoms with Gasteiger partial charge in [0, 0.05) is 26.7 Å². The zero-order valence-corrected chi connectivity index (χ0v) is 12.8. The van der Waals surface area contributed by atoms with Crippen LogP contribution in [0, 0.1) is 5.92 Å². The molecule has 0 spiro atoms. The number of carbonyl (C=O) groups is 1. The molecule has 1 heterocycles. The molecule has 0 aromatic carbocycles. The van der Waals surface area contributed by atoms with Crippen LogP contribution in [-0.2, 0) is 19.7 Å². The van der Waals surface area contributed by atoms with Crippen LogP contribution in [0.3, 0.4) is 0 Å². The summed E-state index contributed by atoms with van der Waals surface area (Å²) < 4.78 is 32.0. The quantitative estimate of drug-likeness (QED) is 0.705. The van der Waals surface area contributed by atoms with Crippen LogP contribution < -0.4 is 0 Å². The second kappa shape index (κ2) is 7.21. The van der Waals surface area contributed by atoms with Crippen molar-refractivity contribution >= 4 is 16.2 Å². The fourth-order valence-corrected chi connectivity index (χ4v) is 3.54. The molecule has 0 aliphatic carbocycles. The van der Waals surface area contributed by atoms with Crippen LogP contribution >= 0.6 is 0 Å². The molecule has 0 aromatic heterocycles. The third-order valence-electron chi connectivity index (χ3n) is 3.55. The first-order valence-corrected chi connectivity index (χ1v) is 8.06. The van der Waals surface area contributed by atoms with Crippen molar-refractivity contribution in [2.24, 2.45) is 5.92 Å². The van der Waals surface area contributed by atoms with Crippen molar-refractivity contribution in [3.8, 4) is 0 Å². The van der Waals surface area contributed by atoms with Crippen LogP contribution in [0.1, 0.15) is 32.6 Å². The Morgan fingerprint density at radius 1 is 1.37 bits per heavy atom. The minimum Gasteiger partial charge on any atom is -0.469 e. The first kappa shape index (κ1) is 16.4. The van der Waals surface area contributed by atoms with E-state index < -0.39 is 16.2 Å². The third-order valence-corrected chi connectivity index (χ3v) is 5.54. The fraction of sp³-hybridized carbons (Fsp3) is 0.917. The molecule has 1 rings (SSSR count). The van der Waals surface area contributed by atoms with E-state index >= 15 is 0 Å². The zero-order valence-electron chi connectivity index (χ0n) is 12.0. The van der Waals surface area contributed by atoms with Crippen LogP contribution in [0.2, 0.25) is 0 Å². The maximum absolute atomic E-state index is 12.3. The number of hydrogen-bond donors (Lipinski definition) is 0. The molecule has 0 bridgehead atoms. The molecule has 1 saturated heterocycles. The van der Waals surface area contributed by atoms with Crippen molar-refractivity contribution in [2.45, 2.75) is 32.6 Å². The first-order valence-electron chi connectivity index (χ1n) is 6.66. The number of hydrogen-bond acceptors (Lipinski definition) is 4. The lowest BCUT2D eigenvalue weighted by molar-refractivity contribution is -0.140. The van der Waals surface area contributed by atoms with Gasteiger partial charge in [-0.15, -0.1) is 0 Å². The van der Waals surface area contributed by atoms with Crippen molar-refractivity contribution in [2.75, 3.05) is 33.8 Å². The molecule has 0 aromatic rings. The number of methoxy groups -OCH3 is 1. The minimum atomic E-state index is -3.45. The summed E-state index contributed by atoms with van der Waals surface area (Å²) in [5.74, 6) is 0.173. The van der Waals surface area contributed by atoms with Crippen molar-refractivity contribution < 1.29 is 17.9 Å². The summed E-state index contributed by atoms with van der Waals surface area (Å²) in [5.41, 5.74) is 0. The summed E-state index contributed by atoms with van der Waals surface area (Å²) in [6.07, 6.45) is 2.93. The highest BCUT2D eigenvalue weighted by Gasteiger charge is 2.28. The van der Waals surface area contributed by atoms with Gasteiger partial charge in [-0.05, 0) is 25.2 Å². The summed E-state index contributed by atoms with van der Waals surface area (Å²) in [4.78, 5) is 11.1. The van der Waals surface area contributed by atoms with E-state index in [1.165, 1.54) is 22.8 Å². The second-order valence-corrected chi connectivity index (χ2v) is 7.13. The van der Waals surface area contributed by atoms with Gasteiger partial charge in [-0.2, -0.15) is 17.0 Å². The topological polar surface area (TPSA) is 66.9 Å². The van der Waals surface area contributed by atoms with Crippen LogP contribution in [0.15, 0.2) is 0 Å². The van der Waals surface area contributed by atoms with Crippen LogP contribution in [-0.4, -0.2) is 56.8 Å². The highest BCUT2D eigenvalue weighted by molar-refractivity contribution is 7.86. The van der Waals surface area contributed by atoms with Gasteiger partial charge in [0.2, 0.25) is 0 Å². The number of esters is 1. The highest BCUT2D eigenvalue weighted by Crippen LogP contribution is 2.19. The molecule has 112 valence electrons. The standard InChI is InChI=1S/C12H24N2O4S/c1-11-5-4-8-14(10-6-11)19(16,17)13(2)9-7-12(15)18-3/h11H,4-10H2,1-3H3. The molecular formula is C12H24N2O4S. The third kappa shape index (κ3) is 4.74. The van der Waals surface area contributed by atoms with E-state index in [-0.39, 0.29) is 13.0 Å². The lowest BCUT2D eigenvalue weighted by atomic mass is 10.0. The molecule has 1 unspecified atom stereocenters. The molecular weight excluding hydrogens is 268 g/mol. The van der Waals surface area contributed by atoms with Gasteiger partial charge in [-0.1, -0.05) is 6.92 Å². The van der Waals surface area contributed by atoms with E-state index in [1.807, 2.05) is 0 Å². The van der Waals surface area contributed by atoms with E-state index in [1.54, 1.807) is 0 Å². The van der Waals surface area contributed by atoms with E-state index in [2.05, 4.69) is 11.7 Å². The van der Waals surface area contributed by atoms with Gasteiger partial charge in [0.25, 0.3) is 10.2 Å². The van der Waals surface area contributed by atoms with E-state index in [0.717, 1.165) is 19.3 Å². The Labute approximate surface area is 115 Å². The predicted molar refractivity (Wildman–Crippen MR) is 72.8 cm³/mol. The van der Waals surface area contributed by atoms with Gasteiger partial charge in [0.05, 0.1) is 13.5 Å².